The Morgan fingerprint density at radius 2 is 1.90 bits per heavy atom. The van der Waals surface area contributed by atoms with Crippen molar-refractivity contribution in [3.8, 4) is 16.9 Å². The number of rotatable bonds is 5. The van der Waals surface area contributed by atoms with Crippen molar-refractivity contribution in [2.24, 2.45) is 5.73 Å². The summed E-state index contributed by atoms with van der Waals surface area (Å²) in [5.41, 5.74) is 8.47. The van der Waals surface area contributed by atoms with Gasteiger partial charge in [-0.05, 0) is 22.8 Å². The van der Waals surface area contributed by atoms with Crippen molar-refractivity contribution in [1.29, 1.82) is 0 Å². The summed E-state index contributed by atoms with van der Waals surface area (Å²) in [6, 6.07) is 14.7. The molecule has 1 atom stereocenters. The second-order valence-electron chi connectivity index (χ2n) is 4.54. The summed E-state index contributed by atoms with van der Waals surface area (Å²) in [5.74, 6) is -0.359. The van der Waals surface area contributed by atoms with Gasteiger partial charge in [-0.25, -0.2) is 0 Å². The number of carbonyl (C=O) groups is 1. The Kier molecular flexibility index (Phi) is 4.38. The first-order valence-electron chi connectivity index (χ1n) is 6.32. The molecule has 0 aliphatic heterocycles. The van der Waals surface area contributed by atoms with E-state index in [1.54, 1.807) is 7.11 Å². The van der Waals surface area contributed by atoms with Crippen molar-refractivity contribution in [3.05, 3.63) is 54.1 Å². The highest BCUT2D eigenvalue weighted by atomic mass is 16.5. The maximum absolute atomic E-state index is 10.8. The van der Waals surface area contributed by atoms with E-state index in [4.69, 9.17) is 15.6 Å². The van der Waals surface area contributed by atoms with E-state index in [1.807, 2.05) is 48.5 Å². The number of aliphatic carboxylic acids is 1. The zero-order chi connectivity index (χ0) is 14.5. The number of carboxylic acids is 1. The fourth-order valence-electron chi connectivity index (χ4n) is 2.05. The molecule has 0 fully saturated rings. The van der Waals surface area contributed by atoms with Gasteiger partial charge in [0.1, 0.15) is 11.8 Å². The quantitative estimate of drug-likeness (QED) is 0.875. The van der Waals surface area contributed by atoms with Crippen LogP contribution in [0.1, 0.15) is 5.56 Å². The SMILES string of the molecule is COc1cc(-c2ccccc2)ccc1CC(N)C(=O)O. The van der Waals surface area contributed by atoms with Crippen LogP contribution in [0.2, 0.25) is 0 Å². The molecule has 2 rings (SSSR count). The molecule has 4 heteroatoms. The topological polar surface area (TPSA) is 72.5 Å². The first-order valence-corrected chi connectivity index (χ1v) is 6.32. The van der Waals surface area contributed by atoms with Crippen LogP contribution in [0.5, 0.6) is 5.75 Å². The third-order valence-electron chi connectivity index (χ3n) is 3.15. The summed E-state index contributed by atoms with van der Waals surface area (Å²) in [4.78, 5) is 10.8. The molecule has 3 N–H and O–H groups in total. The molecule has 0 saturated carbocycles. The second kappa shape index (κ2) is 6.21. The van der Waals surface area contributed by atoms with E-state index in [2.05, 4.69) is 0 Å². The van der Waals surface area contributed by atoms with Crippen LogP contribution < -0.4 is 10.5 Å². The van der Waals surface area contributed by atoms with Gasteiger partial charge in [0.25, 0.3) is 0 Å². The van der Waals surface area contributed by atoms with Crippen LogP contribution in [0, 0.1) is 0 Å². The highest BCUT2D eigenvalue weighted by Crippen LogP contribution is 2.27. The molecule has 0 heterocycles. The normalized spacial score (nSPS) is 11.9. The van der Waals surface area contributed by atoms with E-state index in [9.17, 15) is 4.79 Å². The van der Waals surface area contributed by atoms with Crippen LogP contribution in [0.15, 0.2) is 48.5 Å². The van der Waals surface area contributed by atoms with Gasteiger partial charge >= 0.3 is 5.97 Å². The minimum atomic E-state index is -1.01. The van der Waals surface area contributed by atoms with Gasteiger partial charge in [0.05, 0.1) is 7.11 Å². The van der Waals surface area contributed by atoms with Crippen molar-refractivity contribution in [1.82, 2.24) is 0 Å². The average Bonchev–Trinajstić information content (AvgIpc) is 2.48. The smallest absolute Gasteiger partial charge is 0.320 e. The van der Waals surface area contributed by atoms with Crippen LogP contribution in [0.3, 0.4) is 0 Å². The fraction of sp³-hybridized carbons (Fsp3) is 0.188. The number of ether oxygens (including phenoxy) is 1. The molecule has 2 aromatic carbocycles. The Labute approximate surface area is 117 Å². The molecule has 4 nitrogen and oxygen atoms in total. The highest BCUT2D eigenvalue weighted by molar-refractivity contribution is 5.74. The first kappa shape index (κ1) is 14.1. The standard InChI is InChI=1S/C16H17NO3/c1-20-15-10-12(11-5-3-2-4-6-11)7-8-13(15)9-14(17)16(18)19/h2-8,10,14H,9,17H2,1H3,(H,18,19). The Hall–Kier alpha value is -2.33. The van der Waals surface area contributed by atoms with Crippen LogP contribution >= 0.6 is 0 Å². The summed E-state index contributed by atoms with van der Waals surface area (Å²) in [5, 5.41) is 8.87. The molecule has 0 amide bonds. The zero-order valence-electron chi connectivity index (χ0n) is 11.2. The summed E-state index contributed by atoms with van der Waals surface area (Å²) < 4.78 is 5.34. The highest BCUT2D eigenvalue weighted by Gasteiger charge is 2.15. The first-order chi connectivity index (χ1) is 9.61. The van der Waals surface area contributed by atoms with Crippen LogP contribution in [0.25, 0.3) is 11.1 Å². The Morgan fingerprint density at radius 1 is 1.20 bits per heavy atom. The molecular formula is C16H17NO3. The third-order valence-corrected chi connectivity index (χ3v) is 3.15. The minimum Gasteiger partial charge on any atom is -0.496 e. The Balaban J connectivity index is 2.31. The predicted molar refractivity (Wildman–Crippen MR) is 77.7 cm³/mol. The molecule has 0 spiro atoms. The lowest BCUT2D eigenvalue weighted by Gasteiger charge is -2.13. The minimum absolute atomic E-state index is 0.244. The number of hydrogen-bond donors (Lipinski definition) is 2. The molecule has 0 saturated heterocycles. The van der Waals surface area contributed by atoms with Crippen molar-refractivity contribution < 1.29 is 14.6 Å². The van der Waals surface area contributed by atoms with Gasteiger partial charge in [0.15, 0.2) is 0 Å². The molecule has 0 aromatic heterocycles. The lowest BCUT2D eigenvalue weighted by Crippen LogP contribution is -2.32. The van der Waals surface area contributed by atoms with E-state index < -0.39 is 12.0 Å². The van der Waals surface area contributed by atoms with Gasteiger partial charge in [-0.15, -0.1) is 0 Å². The van der Waals surface area contributed by atoms with Gasteiger partial charge < -0.3 is 15.6 Å². The fourth-order valence-corrected chi connectivity index (χ4v) is 2.05. The van der Waals surface area contributed by atoms with Crippen molar-refractivity contribution >= 4 is 5.97 Å². The number of nitrogens with two attached hydrogens (primary N) is 1. The monoisotopic (exact) mass is 271 g/mol. The van der Waals surface area contributed by atoms with Crippen molar-refractivity contribution in [2.45, 2.75) is 12.5 Å². The molecule has 0 bridgehead atoms. The maximum Gasteiger partial charge on any atom is 0.320 e. The van der Waals surface area contributed by atoms with Gasteiger partial charge in [-0.2, -0.15) is 0 Å². The molecule has 104 valence electrons. The predicted octanol–water partition coefficient (Wildman–Crippen LogP) is 2.32. The number of benzene rings is 2. The lowest BCUT2D eigenvalue weighted by molar-refractivity contribution is -0.138. The Bertz CT molecular complexity index is 596. The van der Waals surface area contributed by atoms with Gasteiger partial charge in [0, 0.05) is 6.42 Å². The van der Waals surface area contributed by atoms with Crippen LogP contribution in [0.4, 0.5) is 0 Å². The molecule has 1 unspecified atom stereocenters. The Morgan fingerprint density at radius 3 is 2.50 bits per heavy atom. The molecule has 0 radical (unpaired) electrons. The summed E-state index contributed by atoms with van der Waals surface area (Å²) >= 11 is 0. The number of carboxylic acid groups (broad SMARTS) is 1. The molecule has 0 aliphatic rings. The lowest BCUT2D eigenvalue weighted by atomic mass is 10.00. The molecule has 2 aromatic rings. The maximum atomic E-state index is 10.8. The third kappa shape index (κ3) is 3.16. The number of methoxy groups -OCH3 is 1. The van der Waals surface area contributed by atoms with Crippen molar-refractivity contribution in [2.75, 3.05) is 7.11 Å². The van der Waals surface area contributed by atoms with Crippen molar-refractivity contribution in [3.63, 3.8) is 0 Å². The van der Waals surface area contributed by atoms with Crippen LogP contribution in [-0.4, -0.2) is 24.2 Å². The number of hydrogen-bond acceptors (Lipinski definition) is 3. The summed E-state index contributed by atoms with van der Waals surface area (Å²) in [6.45, 7) is 0. The van der Waals surface area contributed by atoms with E-state index in [-0.39, 0.29) is 6.42 Å². The van der Waals surface area contributed by atoms with E-state index in [0.717, 1.165) is 16.7 Å². The largest absolute Gasteiger partial charge is 0.496 e. The van der Waals surface area contributed by atoms with Gasteiger partial charge in [-0.3, -0.25) is 4.79 Å². The van der Waals surface area contributed by atoms with Gasteiger partial charge in [0.2, 0.25) is 0 Å². The molecule has 0 aliphatic carbocycles. The van der Waals surface area contributed by atoms with Gasteiger partial charge in [-0.1, -0.05) is 42.5 Å². The molecule has 20 heavy (non-hydrogen) atoms. The molecular weight excluding hydrogens is 254 g/mol. The zero-order valence-corrected chi connectivity index (χ0v) is 11.2. The van der Waals surface area contributed by atoms with E-state index in [0.29, 0.717) is 5.75 Å². The van der Waals surface area contributed by atoms with Crippen LogP contribution in [-0.2, 0) is 11.2 Å². The van der Waals surface area contributed by atoms with E-state index >= 15 is 0 Å². The second-order valence-corrected chi connectivity index (χ2v) is 4.54. The summed E-state index contributed by atoms with van der Waals surface area (Å²) in [7, 11) is 1.57. The van der Waals surface area contributed by atoms with E-state index in [1.165, 1.54) is 0 Å². The average molecular weight is 271 g/mol. The summed E-state index contributed by atoms with van der Waals surface area (Å²) in [6.07, 6.45) is 0.244.